The van der Waals surface area contributed by atoms with Gasteiger partial charge < -0.3 is 14.4 Å². The summed E-state index contributed by atoms with van der Waals surface area (Å²) in [7, 11) is -5.40. The molecule has 2 aromatic rings. The summed E-state index contributed by atoms with van der Waals surface area (Å²) in [6, 6.07) is 11.2. The predicted molar refractivity (Wildman–Crippen MR) is 227 cm³/mol. The number of rotatable bonds is 13. The summed E-state index contributed by atoms with van der Waals surface area (Å²) in [5, 5.41) is -0.0364. The monoisotopic (exact) mass is 847 g/mol. The fraction of sp³-hybridized carbons (Fsp3) is 0.643. The second-order valence-corrected chi connectivity index (χ2v) is 21.2. The molecule has 12 nitrogen and oxygen atoms in total. The first-order valence-corrected chi connectivity index (χ1v) is 24.3. The number of ether oxygens (including phenoxy) is 2. The Kier molecular flexibility index (Phi) is 14.1. The number of nitrogens with zero attached hydrogens (tertiary/aromatic N) is 4. The number of fused-ring (bicyclic) bond motifs is 3. The van der Waals surface area contributed by atoms with Gasteiger partial charge in [0.15, 0.2) is 0 Å². The number of sulfonamides is 2. The van der Waals surface area contributed by atoms with Crippen LogP contribution >= 0.6 is 11.6 Å². The molecule has 6 rings (SSSR count). The van der Waals surface area contributed by atoms with Crippen molar-refractivity contribution in [2.75, 3.05) is 77.2 Å². The van der Waals surface area contributed by atoms with Crippen LogP contribution in [0.4, 0.5) is 5.69 Å². The predicted octanol–water partition coefficient (Wildman–Crippen LogP) is 5.41. The molecule has 0 aromatic heterocycles. The van der Waals surface area contributed by atoms with E-state index in [9.17, 15) is 21.6 Å². The normalized spacial score (nSPS) is 24.9. The highest BCUT2D eigenvalue weighted by atomic mass is 35.5. The average Bonchev–Trinajstić information content (AvgIpc) is 3.20. The quantitative estimate of drug-likeness (QED) is 0.262. The van der Waals surface area contributed by atoms with Crippen LogP contribution in [0.25, 0.3) is 0 Å². The molecule has 3 aliphatic heterocycles. The van der Waals surface area contributed by atoms with Crippen LogP contribution in [0, 0.1) is 17.8 Å². The number of aryl methyl sites for hydroxylation is 1. The van der Waals surface area contributed by atoms with Gasteiger partial charge in [-0.2, -0.15) is 4.31 Å². The maximum atomic E-state index is 13.7. The molecule has 0 spiro atoms. The molecule has 3 fully saturated rings. The maximum Gasteiger partial charge on any atom is 0.264 e. The molecule has 2 saturated heterocycles. The molecule has 6 atom stereocenters. The van der Waals surface area contributed by atoms with Gasteiger partial charge in [-0.1, -0.05) is 44.0 Å². The van der Waals surface area contributed by atoms with E-state index in [0.717, 1.165) is 75.1 Å². The van der Waals surface area contributed by atoms with Crippen molar-refractivity contribution in [3.8, 4) is 5.75 Å². The molecule has 0 bridgehead atoms. The molecular weight excluding hydrogens is 786 g/mol. The highest BCUT2D eigenvalue weighted by molar-refractivity contribution is 7.90. The van der Waals surface area contributed by atoms with Crippen LogP contribution < -0.4 is 14.4 Å². The lowest BCUT2D eigenvalue weighted by Crippen LogP contribution is -2.65. The summed E-state index contributed by atoms with van der Waals surface area (Å²) in [6.45, 7) is 16.4. The third-order valence-electron chi connectivity index (χ3n) is 13.3. The molecule has 0 radical (unpaired) electrons. The molecule has 316 valence electrons. The van der Waals surface area contributed by atoms with Crippen LogP contribution in [0.15, 0.2) is 49.1 Å². The second kappa shape index (κ2) is 18.3. The average molecular weight is 849 g/mol. The molecule has 4 aliphatic rings. The number of benzene rings is 2. The van der Waals surface area contributed by atoms with Crippen LogP contribution in [-0.2, 0) is 37.8 Å². The van der Waals surface area contributed by atoms with Crippen LogP contribution in [-0.4, -0.2) is 126 Å². The Morgan fingerprint density at radius 2 is 1.81 bits per heavy atom. The first-order valence-electron chi connectivity index (χ1n) is 20.5. The Balaban J connectivity index is 1.25. The SMILES string of the molecule is C=C[C@@](CN1CCN2CCN(S(C)(=O)=O)C[C@H]2C1)(OC)[C@@H]1CC[C@H]1CN1CCCCc2cc(Cl)ccc2COc2ccc(C(=O)NS(=O)(=O)[C@H](C)[C@@H](C)CC)cc21. The van der Waals surface area contributed by atoms with Gasteiger partial charge in [-0.15, -0.1) is 6.58 Å². The minimum Gasteiger partial charge on any atom is -0.487 e. The third kappa shape index (κ3) is 10.0. The highest BCUT2D eigenvalue weighted by Gasteiger charge is 2.49. The highest BCUT2D eigenvalue weighted by Crippen LogP contribution is 2.46. The molecule has 3 heterocycles. The summed E-state index contributed by atoms with van der Waals surface area (Å²) in [6.07, 6.45) is 8.56. The fourth-order valence-electron chi connectivity index (χ4n) is 9.13. The maximum absolute atomic E-state index is 13.7. The number of piperazine rings is 2. The van der Waals surface area contributed by atoms with Crippen molar-refractivity contribution < 1.29 is 31.1 Å². The van der Waals surface area contributed by atoms with E-state index >= 15 is 0 Å². The zero-order valence-corrected chi connectivity index (χ0v) is 36.7. The topological polar surface area (TPSA) is 129 Å². The summed E-state index contributed by atoms with van der Waals surface area (Å²) >= 11 is 6.41. The van der Waals surface area contributed by atoms with Crippen molar-refractivity contribution in [3.63, 3.8) is 0 Å². The Morgan fingerprint density at radius 3 is 2.49 bits per heavy atom. The van der Waals surface area contributed by atoms with Crippen LogP contribution in [0.3, 0.4) is 0 Å². The number of hydrogen-bond acceptors (Lipinski definition) is 10. The zero-order chi connectivity index (χ0) is 41.1. The van der Waals surface area contributed by atoms with Crippen molar-refractivity contribution in [1.29, 1.82) is 0 Å². The van der Waals surface area contributed by atoms with Crippen molar-refractivity contribution in [2.45, 2.75) is 82.8 Å². The first-order chi connectivity index (χ1) is 27.1. The van der Waals surface area contributed by atoms with E-state index in [1.165, 1.54) is 6.26 Å². The van der Waals surface area contributed by atoms with Crippen molar-refractivity contribution >= 4 is 43.2 Å². The van der Waals surface area contributed by atoms with Crippen LogP contribution in [0.5, 0.6) is 5.75 Å². The number of anilines is 1. The lowest BCUT2D eigenvalue weighted by molar-refractivity contribution is -0.100. The van der Waals surface area contributed by atoms with E-state index in [2.05, 4.69) is 26.0 Å². The van der Waals surface area contributed by atoms with Gasteiger partial charge in [-0.25, -0.2) is 21.6 Å². The standard InChI is InChI=1S/C42H62ClN5O7S2/c1-7-30(3)31(4)57(52,53)44-41(49)33-14-17-40-39(24-33)47(18-10-9-11-32-23-36(43)15-12-35(32)28-55-40)25-34-13-16-38(34)42(8-2,54-5)29-45-19-20-46-21-22-48(56(6,50)51)27-37(46)26-45/h8,12,14-15,17,23-24,30-31,34,37-38H,2,7,9-11,13,16,18-22,25-29H2,1,3-6H3,(H,44,49)/t30-,31+,34-,37+,38+,42-/m0/s1. The summed E-state index contributed by atoms with van der Waals surface area (Å²) < 4.78 is 68.2. The number of halogens is 1. The van der Waals surface area contributed by atoms with Crippen molar-refractivity contribution in [2.24, 2.45) is 17.8 Å². The molecule has 1 amide bonds. The van der Waals surface area contributed by atoms with Gasteiger partial charge in [0.1, 0.15) is 18.0 Å². The number of methoxy groups -OCH3 is 1. The van der Waals surface area contributed by atoms with Crippen LogP contribution in [0.1, 0.15) is 74.4 Å². The van der Waals surface area contributed by atoms with Gasteiger partial charge in [-0.3, -0.25) is 14.6 Å². The molecule has 57 heavy (non-hydrogen) atoms. The Bertz CT molecular complexity index is 1980. The Morgan fingerprint density at radius 1 is 1.04 bits per heavy atom. The third-order valence-corrected chi connectivity index (χ3v) is 16.7. The summed E-state index contributed by atoms with van der Waals surface area (Å²) in [4.78, 5) is 20.8. The smallest absolute Gasteiger partial charge is 0.264 e. The number of carbonyl (C=O) groups is 1. The lowest BCUT2D eigenvalue weighted by Gasteiger charge is -2.53. The number of nitrogens with one attached hydrogen (secondary N) is 1. The van der Waals surface area contributed by atoms with E-state index in [1.54, 1.807) is 36.5 Å². The first kappa shape index (κ1) is 43.8. The molecule has 1 N–H and O–H groups in total. The molecule has 1 aliphatic carbocycles. The zero-order valence-electron chi connectivity index (χ0n) is 34.3. The van der Waals surface area contributed by atoms with Crippen molar-refractivity contribution in [1.82, 2.24) is 18.8 Å². The van der Waals surface area contributed by atoms with E-state index in [-0.39, 0.29) is 29.4 Å². The van der Waals surface area contributed by atoms with Gasteiger partial charge in [0, 0.05) is 82.6 Å². The van der Waals surface area contributed by atoms with E-state index in [4.69, 9.17) is 21.1 Å². The molecule has 15 heteroatoms. The number of carbonyl (C=O) groups excluding carboxylic acids is 1. The van der Waals surface area contributed by atoms with Gasteiger partial charge >= 0.3 is 0 Å². The number of amides is 1. The fourth-order valence-corrected chi connectivity index (χ4v) is 11.5. The van der Waals surface area contributed by atoms with Gasteiger partial charge in [0.25, 0.3) is 5.91 Å². The largest absolute Gasteiger partial charge is 0.487 e. The minimum absolute atomic E-state index is 0.114. The summed E-state index contributed by atoms with van der Waals surface area (Å²) in [5.41, 5.74) is 2.60. The van der Waals surface area contributed by atoms with E-state index in [0.29, 0.717) is 56.5 Å². The lowest BCUT2D eigenvalue weighted by atomic mass is 9.64. The molecule has 2 aromatic carbocycles. The van der Waals surface area contributed by atoms with Gasteiger partial charge in [-0.05, 0) is 98.2 Å². The van der Waals surface area contributed by atoms with Gasteiger partial charge in [0.05, 0.1) is 17.2 Å². The molecular formula is C42H62ClN5O7S2. The minimum atomic E-state index is -3.91. The number of hydrogen-bond donors (Lipinski definition) is 1. The Hall–Kier alpha value is -2.72. The van der Waals surface area contributed by atoms with E-state index < -0.39 is 36.8 Å². The Labute approximate surface area is 346 Å². The van der Waals surface area contributed by atoms with E-state index in [1.807, 2.05) is 38.1 Å². The molecule has 0 unspecified atom stereocenters. The van der Waals surface area contributed by atoms with Gasteiger partial charge in [0.2, 0.25) is 20.0 Å². The molecule has 1 saturated carbocycles. The van der Waals surface area contributed by atoms with Crippen LogP contribution in [0.2, 0.25) is 5.02 Å². The second-order valence-electron chi connectivity index (χ2n) is 16.7. The summed E-state index contributed by atoms with van der Waals surface area (Å²) in [5.74, 6) is 0.256. The van der Waals surface area contributed by atoms with Crippen molar-refractivity contribution in [3.05, 3.63) is 70.8 Å².